The lowest BCUT2D eigenvalue weighted by Gasteiger charge is -2.42. The highest BCUT2D eigenvalue weighted by Crippen LogP contribution is 2.54. The van der Waals surface area contributed by atoms with E-state index in [4.69, 9.17) is 5.73 Å². The zero-order chi connectivity index (χ0) is 10.5. The second-order valence-electron chi connectivity index (χ2n) is 5.26. The molecule has 3 unspecified atom stereocenters. The van der Waals surface area contributed by atoms with E-state index < -0.39 is 0 Å². The van der Waals surface area contributed by atoms with Crippen molar-refractivity contribution < 1.29 is 0 Å². The van der Waals surface area contributed by atoms with E-state index in [-0.39, 0.29) is 5.54 Å². The van der Waals surface area contributed by atoms with Crippen LogP contribution in [0.5, 0.6) is 0 Å². The molecule has 3 heteroatoms. The van der Waals surface area contributed by atoms with E-state index in [2.05, 4.69) is 16.5 Å². The first-order valence-electron chi connectivity index (χ1n) is 5.95. The van der Waals surface area contributed by atoms with Crippen LogP contribution >= 0.6 is 0 Å². The molecule has 0 amide bonds. The topological polar surface area (TPSA) is 41.6 Å². The van der Waals surface area contributed by atoms with Crippen molar-refractivity contribution in [2.75, 3.05) is 13.1 Å². The van der Waals surface area contributed by atoms with Crippen molar-refractivity contribution in [2.45, 2.75) is 31.2 Å². The summed E-state index contributed by atoms with van der Waals surface area (Å²) in [7, 11) is 0. The molecule has 0 radical (unpaired) electrons. The van der Waals surface area contributed by atoms with E-state index in [1.165, 1.54) is 25.7 Å². The lowest BCUT2D eigenvalue weighted by atomic mass is 9.80. The van der Waals surface area contributed by atoms with Crippen molar-refractivity contribution in [3.63, 3.8) is 0 Å². The van der Waals surface area contributed by atoms with Crippen molar-refractivity contribution in [1.82, 2.24) is 4.90 Å². The van der Waals surface area contributed by atoms with Gasteiger partial charge in [0.05, 0.1) is 12.1 Å². The summed E-state index contributed by atoms with van der Waals surface area (Å²) in [5.74, 6) is 2.50. The molecular weight excluding hydrogens is 186 g/mol. The van der Waals surface area contributed by atoms with Gasteiger partial charge in [-0.15, -0.1) is 6.58 Å². The van der Waals surface area contributed by atoms with E-state index in [1.807, 2.05) is 6.08 Å². The SMILES string of the molecule is C=CCN1C(N)=NCC12CC1CCC2C1. The van der Waals surface area contributed by atoms with Gasteiger partial charge in [-0.2, -0.15) is 0 Å². The molecule has 2 N–H and O–H groups in total. The Morgan fingerprint density at radius 2 is 2.47 bits per heavy atom. The Morgan fingerprint density at radius 1 is 1.60 bits per heavy atom. The first-order valence-corrected chi connectivity index (χ1v) is 5.95. The predicted molar refractivity (Wildman–Crippen MR) is 61.6 cm³/mol. The first-order chi connectivity index (χ1) is 7.26. The van der Waals surface area contributed by atoms with Crippen LogP contribution in [0.25, 0.3) is 0 Å². The Labute approximate surface area is 91.0 Å². The minimum Gasteiger partial charge on any atom is -0.370 e. The molecule has 3 atom stereocenters. The number of aliphatic imine (C=N–C) groups is 1. The number of fused-ring (bicyclic) bond motifs is 3. The summed E-state index contributed by atoms with van der Waals surface area (Å²) in [4.78, 5) is 6.77. The maximum atomic E-state index is 5.98. The number of rotatable bonds is 2. The molecule has 0 aromatic rings. The molecular formula is C12H19N3. The summed E-state index contributed by atoms with van der Waals surface area (Å²) in [6.07, 6.45) is 7.45. The van der Waals surface area contributed by atoms with E-state index >= 15 is 0 Å². The van der Waals surface area contributed by atoms with Crippen LogP contribution in [0.4, 0.5) is 0 Å². The maximum Gasteiger partial charge on any atom is 0.192 e. The molecule has 82 valence electrons. The molecule has 2 saturated carbocycles. The minimum atomic E-state index is 0.279. The fraction of sp³-hybridized carbons (Fsp3) is 0.750. The van der Waals surface area contributed by atoms with Crippen LogP contribution in [-0.2, 0) is 0 Å². The fourth-order valence-corrected chi connectivity index (χ4v) is 3.96. The highest BCUT2D eigenvalue weighted by atomic mass is 15.4. The van der Waals surface area contributed by atoms with Gasteiger partial charge in [-0.25, -0.2) is 0 Å². The van der Waals surface area contributed by atoms with Gasteiger partial charge in [0.1, 0.15) is 0 Å². The van der Waals surface area contributed by atoms with Gasteiger partial charge in [0.2, 0.25) is 0 Å². The van der Waals surface area contributed by atoms with Crippen LogP contribution in [0.1, 0.15) is 25.7 Å². The molecule has 2 bridgehead atoms. The molecule has 3 rings (SSSR count). The number of hydrogen-bond donors (Lipinski definition) is 1. The van der Waals surface area contributed by atoms with Gasteiger partial charge in [-0.05, 0) is 37.5 Å². The molecule has 2 fully saturated rings. The fourth-order valence-electron chi connectivity index (χ4n) is 3.96. The van der Waals surface area contributed by atoms with Gasteiger partial charge in [0.15, 0.2) is 5.96 Å². The molecule has 0 saturated heterocycles. The van der Waals surface area contributed by atoms with Crippen molar-refractivity contribution in [1.29, 1.82) is 0 Å². The molecule has 1 aliphatic heterocycles. The first kappa shape index (κ1) is 9.25. The van der Waals surface area contributed by atoms with Crippen LogP contribution in [0.15, 0.2) is 17.6 Å². The maximum absolute atomic E-state index is 5.98. The minimum absolute atomic E-state index is 0.279. The summed E-state index contributed by atoms with van der Waals surface area (Å²) < 4.78 is 0. The smallest absolute Gasteiger partial charge is 0.192 e. The lowest BCUT2D eigenvalue weighted by Crippen LogP contribution is -2.54. The van der Waals surface area contributed by atoms with E-state index in [0.717, 1.165) is 30.9 Å². The molecule has 1 heterocycles. The molecule has 3 nitrogen and oxygen atoms in total. The molecule has 3 aliphatic rings. The van der Waals surface area contributed by atoms with Crippen LogP contribution in [0.2, 0.25) is 0 Å². The number of guanidine groups is 1. The monoisotopic (exact) mass is 205 g/mol. The highest BCUT2D eigenvalue weighted by Gasteiger charge is 2.56. The number of nitrogens with zero attached hydrogens (tertiary/aromatic N) is 2. The van der Waals surface area contributed by atoms with E-state index in [1.54, 1.807) is 0 Å². The van der Waals surface area contributed by atoms with Gasteiger partial charge in [0.25, 0.3) is 0 Å². The second kappa shape index (κ2) is 3.00. The number of hydrogen-bond acceptors (Lipinski definition) is 3. The predicted octanol–water partition coefficient (Wildman–Crippen LogP) is 1.36. The average molecular weight is 205 g/mol. The van der Waals surface area contributed by atoms with Gasteiger partial charge in [0, 0.05) is 6.54 Å². The quantitative estimate of drug-likeness (QED) is 0.692. The van der Waals surface area contributed by atoms with Crippen molar-refractivity contribution >= 4 is 5.96 Å². The summed E-state index contributed by atoms with van der Waals surface area (Å²) in [5, 5.41) is 0. The van der Waals surface area contributed by atoms with Gasteiger partial charge in [-0.3, -0.25) is 4.99 Å². The highest BCUT2D eigenvalue weighted by molar-refractivity contribution is 5.81. The standard InChI is InChI=1S/C12H19N3/c1-2-5-15-11(13)14-8-12(15)7-9-3-4-10(12)6-9/h2,9-10H,1,3-8H2,(H2,13,14). The third kappa shape index (κ3) is 1.09. The Balaban J connectivity index is 1.89. The van der Waals surface area contributed by atoms with Crippen LogP contribution in [-0.4, -0.2) is 29.5 Å². The zero-order valence-electron chi connectivity index (χ0n) is 9.15. The number of nitrogens with two attached hydrogens (primary N) is 1. The van der Waals surface area contributed by atoms with Gasteiger partial charge >= 0.3 is 0 Å². The molecule has 15 heavy (non-hydrogen) atoms. The Morgan fingerprint density at radius 3 is 3.07 bits per heavy atom. The van der Waals surface area contributed by atoms with Crippen molar-refractivity contribution in [3.05, 3.63) is 12.7 Å². The zero-order valence-corrected chi connectivity index (χ0v) is 9.15. The van der Waals surface area contributed by atoms with E-state index in [9.17, 15) is 0 Å². The summed E-state index contributed by atoms with van der Waals surface area (Å²) >= 11 is 0. The molecule has 2 aliphatic carbocycles. The van der Waals surface area contributed by atoms with Crippen LogP contribution < -0.4 is 5.73 Å². The third-order valence-electron chi connectivity index (χ3n) is 4.58. The molecule has 0 aromatic carbocycles. The van der Waals surface area contributed by atoms with Gasteiger partial charge in [-0.1, -0.05) is 6.08 Å². The second-order valence-corrected chi connectivity index (χ2v) is 5.26. The average Bonchev–Trinajstić information content (AvgIpc) is 2.88. The lowest BCUT2D eigenvalue weighted by molar-refractivity contribution is 0.133. The summed E-state index contributed by atoms with van der Waals surface area (Å²) in [6.45, 7) is 5.61. The molecule has 0 aromatic heterocycles. The third-order valence-corrected chi connectivity index (χ3v) is 4.58. The van der Waals surface area contributed by atoms with Crippen molar-refractivity contribution in [3.8, 4) is 0 Å². The molecule has 1 spiro atoms. The normalized spacial score (nSPS) is 42.7. The van der Waals surface area contributed by atoms with Crippen LogP contribution in [0, 0.1) is 11.8 Å². The van der Waals surface area contributed by atoms with Gasteiger partial charge < -0.3 is 10.6 Å². The summed E-state index contributed by atoms with van der Waals surface area (Å²) in [5.41, 5.74) is 6.26. The summed E-state index contributed by atoms with van der Waals surface area (Å²) in [6, 6.07) is 0. The largest absolute Gasteiger partial charge is 0.370 e. The van der Waals surface area contributed by atoms with Crippen LogP contribution in [0.3, 0.4) is 0 Å². The Kier molecular flexibility index (Phi) is 1.85. The van der Waals surface area contributed by atoms with Crippen molar-refractivity contribution in [2.24, 2.45) is 22.6 Å². The Bertz CT molecular complexity index is 323. The Hall–Kier alpha value is -0.990. The van der Waals surface area contributed by atoms with E-state index in [0.29, 0.717) is 0 Å².